The van der Waals surface area contributed by atoms with Gasteiger partial charge in [0.15, 0.2) is 0 Å². The van der Waals surface area contributed by atoms with Gasteiger partial charge in [-0.1, -0.05) is 30.3 Å². The molecular weight excluding hydrogens is 318 g/mol. The van der Waals surface area contributed by atoms with Crippen molar-refractivity contribution >= 4 is 27.7 Å². The van der Waals surface area contributed by atoms with Crippen molar-refractivity contribution in [1.82, 2.24) is 0 Å². The number of rotatable bonds is 4. The van der Waals surface area contributed by atoms with Crippen LogP contribution in [0.15, 0.2) is 46.9 Å². The second-order valence-electron chi connectivity index (χ2n) is 3.80. The zero-order valence-corrected chi connectivity index (χ0v) is 11.9. The van der Waals surface area contributed by atoms with E-state index in [1.807, 2.05) is 30.3 Å². The second kappa shape index (κ2) is 6.34. The van der Waals surface area contributed by atoms with Gasteiger partial charge in [-0.25, -0.2) is 8.78 Å². The van der Waals surface area contributed by atoms with Gasteiger partial charge >= 0.3 is 0 Å². The maximum absolute atomic E-state index is 13.7. The molecule has 0 N–H and O–H groups in total. The van der Waals surface area contributed by atoms with Crippen LogP contribution in [0.5, 0.6) is 0 Å². The smallest absolute Gasteiger partial charge is 0.144 e. The predicted molar refractivity (Wildman–Crippen MR) is 75.5 cm³/mol. The van der Waals surface area contributed by atoms with Gasteiger partial charge < -0.3 is 0 Å². The van der Waals surface area contributed by atoms with E-state index in [0.717, 1.165) is 11.3 Å². The molecule has 0 atom stereocenters. The molecule has 0 aromatic heterocycles. The molecule has 0 radical (unpaired) electrons. The third-order valence-corrected chi connectivity index (χ3v) is 4.14. The number of hydrogen-bond acceptors (Lipinski definition) is 1. The Morgan fingerprint density at radius 1 is 0.944 bits per heavy atom. The molecule has 0 heterocycles. The highest BCUT2D eigenvalue weighted by molar-refractivity contribution is 9.10. The normalized spacial score (nSPS) is 10.6. The lowest BCUT2D eigenvalue weighted by atomic mass is 10.2. The van der Waals surface area contributed by atoms with Crippen LogP contribution in [-0.4, -0.2) is 0 Å². The highest BCUT2D eigenvalue weighted by Crippen LogP contribution is 2.26. The molecule has 0 unspecified atom stereocenters. The average Bonchev–Trinajstić information content (AvgIpc) is 2.39. The van der Waals surface area contributed by atoms with Crippen LogP contribution in [0.4, 0.5) is 8.78 Å². The molecule has 2 rings (SSSR count). The molecule has 18 heavy (non-hydrogen) atoms. The van der Waals surface area contributed by atoms with Gasteiger partial charge in [-0.3, -0.25) is 0 Å². The first-order chi connectivity index (χ1) is 8.68. The van der Waals surface area contributed by atoms with Crippen LogP contribution >= 0.6 is 27.7 Å². The first-order valence-corrected chi connectivity index (χ1v) is 7.37. The fourth-order valence-corrected chi connectivity index (χ4v) is 2.92. The first-order valence-electron chi connectivity index (χ1n) is 5.42. The molecule has 0 fully saturated rings. The summed E-state index contributed by atoms with van der Waals surface area (Å²) in [5.74, 6) is 0.0740. The molecule has 0 spiro atoms. The summed E-state index contributed by atoms with van der Waals surface area (Å²) in [7, 11) is 0. The fraction of sp³-hybridized carbons (Fsp3) is 0.143. The summed E-state index contributed by atoms with van der Waals surface area (Å²) in [6, 6.07) is 12.5. The summed E-state index contributed by atoms with van der Waals surface area (Å²) in [4.78, 5) is 0. The van der Waals surface area contributed by atoms with Gasteiger partial charge in [0.05, 0.1) is 4.47 Å². The molecule has 2 aromatic rings. The minimum Gasteiger partial charge on any atom is -0.207 e. The maximum Gasteiger partial charge on any atom is 0.144 e. The van der Waals surface area contributed by atoms with E-state index in [1.165, 1.54) is 23.9 Å². The monoisotopic (exact) mass is 328 g/mol. The second-order valence-corrected chi connectivity index (χ2v) is 5.64. The van der Waals surface area contributed by atoms with Crippen molar-refractivity contribution in [2.75, 3.05) is 0 Å². The lowest BCUT2D eigenvalue weighted by Gasteiger charge is -2.06. The van der Waals surface area contributed by atoms with Gasteiger partial charge in [-0.15, -0.1) is 0 Å². The van der Waals surface area contributed by atoms with Crippen LogP contribution < -0.4 is 0 Å². The van der Waals surface area contributed by atoms with Gasteiger partial charge in [0.2, 0.25) is 0 Å². The van der Waals surface area contributed by atoms with Crippen LogP contribution in [-0.2, 0) is 11.5 Å². The van der Waals surface area contributed by atoms with Crippen molar-refractivity contribution in [2.24, 2.45) is 0 Å². The van der Waals surface area contributed by atoms with Crippen LogP contribution in [0, 0.1) is 11.6 Å². The van der Waals surface area contributed by atoms with Gasteiger partial charge in [0.25, 0.3) is 0 Å². The van der Waals surface area contributed by atoms with Gasteiger partial charge in [-0.2, -0.15) is 11.8 Å². The third-order valence-electron chi connectivity index (χ3n) is 2.50. The van der Waals surface area contributed by atoms with E-state index in [9.17, 15) is 8.78 Å². The molecule has 4 heteroatoms. The molecule has 0 aliphatic carbocycles. The molecule has 0 saturated heterocycles. The minimum atomic E-state index is -0.504. The van der Waals surface area contributed by atoms with Crippen LogP contribution in [0.25, 0.3) is 0 Å². The van der Waals surface area contributed by atoms with Gasteiger partial charge in [0, 0.05) is 17.1 Å². The number of hydrogen-bond donors (Lipinski definition) is 0. The molecule has 94 valence electrons. The van der Waals surface area contributed by atoms with E-state index >= 15 is 0 Å². The van der Waals surface area contributed by atoms with Gasteiger partial charge in [-0.05, 0) is 33.6 Å². The zero-order chi connectivity index (χ0) is 13.0. The van der Waals surface area contributed by atoms with E-state index in [1.54, 1.807) is 0 Å². The fourth-order valence-electron chi connectivity index (χ4n) is 1.55. The highest BCUT2D eigenvalue weighted by Gasteiger charge is 2.11. The summed E-state index contributed by atoms with van der Waals surface area (Å²) >= 11 is 4.56. The van der Waals surface area contributed by atoms with E-state index in [4.69, 9.17) is 0 Å². The highest BCUT2D eigenvalue weighted by atomic mass is 79.9. The Morgan fingerprint density at radius 2 is 1.67 bits per heavy atom. The number of benzene rings is 2. The van der Waals surface area contributed by atoms with E-state index < -0.39 is 11.6 Å². The summed E-state index contributed by atoms with van der Waals surface area (Å²) in [5.41, 5.74) is 1.28. The summed E-state index contributed by atoms with van der Waals surface area (Å²) in [6.45, 7) is 0. The quantitative estimate of drug-likeness (QED) is 0.698. The molecule has 0 amide bonds. The Kier molecular flexibility index (Phi) is 4.78. The summed E-state index contributed by atoms with van der Waals surface area (Å²) in [6.07, 6.45) is 0. The van der Waals surface area contributed by atoms with E-state index in [-0.39, 0.29) is 5.56 Å². The maximum atomic E-state index is 13.7. The van der Waals surface area contributed by atoms with Crippen molar-refractivity contribution in [1.29, 1.82) is 0 Å². The lowest BCUT2D eigenvalue weighted by molar-refractivity contribution is 0.562. The Hall–Kier alpha value is -0.870. The van der Waals surface area contributed by atoms with Crippen LogP contribution in [0.1, 0.15) is 11.1 Å². The van der Waals surface area contributed by atoms with Crippen molar-refractivity contribution in [3.8, 4) is 0 Å². The Morgan fingerprint density at radius 3 is 2.39 bits per heavy atom. The van der Waals surface area contributed by atoms with Crippen LogP contribution in [0.2, 0.25) is 0 Å². The molecule has 0 bridgehead atoms. The predicted octanol–water partition coefficient (Wildman–Crippen LogP) is 5.16. The molecular formula is C14H11BrF2S. The lowest BCUT2D eigenvalue weighted by Crippen LogP contribution is -1.95. The van der Waals surface area contributed by atoms with Crippen LogP contribution in [0.3, 0.4) is 0 Å². The largest absolute Gasteiger partial charge is 0.207 e. The average molecular weight is 329 g/mol. The SMILES string of the molecule is Fc1ccc(Br)c(F)c1CSCc1ccccc1. The minimum absolute atomic E-state index is 0.130. The summed E-state index contributed by atoms with van der Waals surface area (Å²) < 4.78 is 27.5. The zero-order valence-electron chi connectivity index (χ0n) is 9.50. The third kappa shape index (κ3) is 3.33. The Bertz CT molecular complexity index is 529. The first kappa shape index (κ1) is 13.6. The Balaban J connectivity index is 2.01. The standard InChI is InChI=1S/C14H11BrF2S/c15-12-6-7-13(16)11(14(12)17)9-18-8-10-4-2-1-3-5-10/h1-7H,8-9H2. The van der Waals surface area contributed by atoms with Crippen molar-refractivity contribution < 1.29 is 8.78 Å². The molecule has 0 saturated carbocycles. The summed E-state index contributed by atoms with van der Waals surface area (Å²) in [5, 5.41) is 0. The number of halogens is 3. The van der Waals surface area contributed by atoms with E-state index in [2.05, 4.69) is 15.9 Å². The van der Waals surface area contributed by atoms with Crippen molar-refractivity contribution in [3.63, 3.8) is 0 Å². The molecule has 0 nitrogen and oxygen atoms in total. The van der Waals surface area contributed by atoms with E-state index in [0.29, 0.717) is 10.2 Å². The van der Waals surface area contributed by atoms with Gasteiger partial charge in [0.1, 0.15) is 11.6 Å². The topological polar surface area (TPSA) is 0 Å². The molecule has 0 aliphatic rings. The van der Waals surface area contributed by atoms with Crippen molar-refractivity contribution in [3.05, 3.63) is 69.7 Å². The Labute approximate surface area is 118 Å². The molecule has 0 aliphatic heterocycles. The van der Waals surface area contributed by atoms with Crippen molar-refractivity contribution in [2.45, 2.75) is 11.5 Å². The molecule has 2 aromatic carbocycles. The number of thioether (sulfide) groups is 1.